The molecule has 1 amide bonds. The van der Waals surface area contributed by atoms with Gasteiger partial charge in [0.25, 0.3) is 0 Å². The van der Waals surface area contributed by atoms with Crippen LogP contribution in [-0.2, 0) is 11.3 Å². The molecule has 1 aliphatic rings. The normalized spacial score (nSPS) is 18.4. The highest BCUT2D eigenvalue weighted by Crippen LogP contribution is 2.17. The fourth-order valence-corrected chi connectivity index (χ4v) is 2.94. The van der Waals surface area contributed by atoms with E-state index in [4.69, 9.17) is 8.94 Å². The minimum Gasteiger partial charge on any atom is -0.445 e. The maximum atomic E-state index is 12.1. The third-order valence-electron chi connectivity index (χ3n) is 4.19. The molecule has 0 aromatic carbocycles. The molecule has 1 atom stereocenters. The van der Waals surface area contributed by atoms with E-state index < -0.39 is 0 Å². The highest BCUT2D eigenvalue weighted by Gasteiger charge is 2.27. The van der Waals surface area contributed by atoms with Crippen LogP contribution in [0.5, 0.6) is 0 Å². The Morgan fingerprint density at radius 2 is 2.29 bits per heavy atom. The minimum atomic E-state index is -0.0741. The van der Waals surface area contributed by atoms with Crippen LogP contribution in [0.2, 0.25) is 0 Å². The number of aromatic nitrogens is 2. The third kappa shape index (κ3) is 4.21. The first-order valence-electron chi connectivity index (χ1n) is 8.06. The summed E-state index contributed by atoms with van der Waals surface area (Å²) in [5, 5.41) is 6.52. The lowest BCUT2D eigenvalue weighted by atomic mass is 10.2. The largest absolute Gasteiger partial charge is 0.445 e. The number of hydrogen-bond donors (Lipinski definition) is 1. The van der Waals surface area contributed by atoms with E-state index in [1.54, 1.807) is 19.2 Å². The molecule has 0 aliphatic carbocycles. The van der Waals surface area contributed by atoms with E-state index in [1.807, 2.05) is 6.92 Å². The number of nitrogens with zero attached hydrogens (tertiary/aromatic N) is 4. The van der Waals surface area contributed by atoms with Gasteiger partial charge in [-0.3, -0.25) is 14.6 Å². The van der Waals surface area contributed by atoms with Gasteiger partial charge in [-0.05, 0) is 27.3 Å². The van der Waals surface area contributed by atoms with Crippen LogP contribution in [0.1, 0.15) is 23.8 Å². The van der Waals surface area contributed by atoms with Crippen molar-refractivity contribution in [3.8, 4) is 0 Å². The van der Waals surface area contributed by atoms with E-state index in [1.165, 1.54) is 0 Å². The van der Waals surface area contributed by atoms with Crippen molar-refractivity contribution < 1.29 is 13.7 Å². The van der Waals surface area contributed by atoms with Crippen LogP contribution in [-0.4, -0.2) is 58.6 Å². The Labute approximate surface area is 140 Å². The molecule has 0 bridgehead atoms. The summed E-state index contributed by atoms with van der Waals surface area (Å²) in [6, 6.07) is 2.09. The number of likely N-dealkylation sites (N-methyl/N-ethyl adjacent to an activating group) is 1. The smallest absolute Gasteiger partial charge is 0.239 e. The van der Waals surface area contributed by atoms with Gasteiger partial charge >= 0.3 is 0 Å². The summed E-state index contributed by atoms with van der Waals surface area (Å²) in [5.41, 5.74) is 0. The Hall–Kier alpha value is -2.19. The number of nitrogens with one attached hydrogen (secondary N) is 1. The molecule has 0 spiro atoms. The number of amides is 1. The molecule has 8 heteroatoms. The van der Waals surface area contributed by atoms with E-state index in [-0.39, 0.29) is 5.91 Å². The molecular formula is C16H23N5O3. The van der Waals surface area contributed by atoms with Crippen molar-refractivity contribution in [2.24, 2.45) is 0 Å². The summed E-state index contributed by atoms with van der Waals surface area (Å²) in [7, 11) is 2.06. The van der Waals surface area contributed by atoms with Gasteiger partial charge in [0.05, 0.1) is 19.3 Å². The van der Waals surface area contributed by atoms with E-state index >= 15 is 0 Å². The lowest BCUT2D eigenvalue weighted by Crippen LogP contribution is -2.37. The molecule has 3 heterocycles. The van der Waals surface area contributed by atoms with Gasteiger partial charge in [0.15, 0.2) is 5.82 Å². The minimum absolute atomic E-state index is 0.0741. The Morgan fingerprint density at radius 1 is 1.46 bits per heavy atom. The maximum absolute atomic E-state index is 12.1. The highest BCUT2D eigenvalue weighted by atomic mass is 16.5. The molecule has 1 aliphatic heterocycles. The van der Waals surface area contributed by atoms with Crippen molar-refractivity contribution in [1.29, 1.82) is 0 Å². The number of oxazole rings is 1. The van der Waals surface area contributed by atoms with Crippen LogP contribution in [0.25, 0.3) is 0 Å². The SMILES string of the molecule is Cc1cc(NC(=O)CN2CC[C@H](N(C)Cc3ncc(C)o3)C2)no1. The molecule has 2 aromatic heterocycles. The standard InChI is InChI=1S/C16H23N5O3/c1-11-6-14(19-24-11)18-15(22)9-21-5-4-13(8-21)20(3)10-16-17-7-12(2)23-16/h6-7,13H,4-5,8-10H2,1-3H3,(H,18,19,22)/t13-/m0/s1. The Kier molecular flexibility index (Phi) is 4.96. The van der Waals surface area contributed by atoms with Crippen molar-refractivity contribution >= 4 is 11.7 Å². The van der Waals surface area contributed by atoms with E-state index in [2.05, 4.69) is 32.3 Å². The number of hydrogen-bond acceptors (Lipinski definition) is 7. The van der Waals surface area contributed by atoms with Crippen molar-refractivity contribution in [1.82, 2.24) is 19.9 Å². The lowest BCUT2D eigenvalue weighted by Gasteiger charge is -2.23. The van der Waals surface area contributed by atoms with Crippen molar-refractivity contribution in [3.05, 3.63) is 29.7 Å². The molecule has 8 nitrogen and oxygen atoms in total. The molecule has 2 aromatic rings. The van der Waals surface area contributed by atoms with Crippen molar-refractivity contribution in [2.75, 3.05) is 32.0 Å². The first-order chi connectivity index (χ1) is 11.5. The van der Waals surface area contributed by atoms with Crippen LogP contribution in [0.4, 0.5) is 5.82 Å². The Morgan fingerprint density at radius 3 is 2.96 bits per heavy atom. The molecule has 0 saturated carbocycles. The number of likely N-dealkylation sites (tertiary alicyclic amines) is 1. The van der Waals surface area contributed by atoms with Crippen LogP contribution < -0.4 is 5.32 Å². The third-order valence-corrected chi connectivity index (χ3v) is 4.19. The number of aryl methyl sites for hydroxylation is 2. The van der Waals surface area contributed by atoms with Crippen LogP contribution in [0.15, 0.2) is 21.2 Å². The molecule has 1 N–H and O–H groups in total. The molecule has 0 unspecified atom stereocenters. The number of carbonyl (C=O) groups excluding carboxylic acids is 1. The predicted molar refractivity (Wildman–Crippen MR) is 87.4 cm³/mol. The van der Waals surface area contributed by atoms with Gasteiger partial charge in [0, 0.05) is 25.2 Å². The van der Waals surface area contributed by atoms with E-state index in [9.17, 15) is 4.79 Å². The topological polar surface area (TPSA) is 87.6 Å². The number of carbonyl (C=O) groups is 1. The fourth-order valence-electron chi connectivity index (χ4n) is 2.94. The molecule has 1 saturated heterocycles. The average Bonchev–Trinajstić information content (AvgIpc) is 3.22. The number of anilines is 1. The predicted octanol–water partition coefficient (Wildman–Crippen LogP) is 1.42. The Balaban J connectivity index is 1.45. The molecule has 0 radical (unpaired) electrons. The molecular weight excluding hydrogens is 310 g/mol. The summed E-state index contributed by atoms with van der Waals surface area (Å²) >= 11 is 0. The summed E-state index contributed by atoms with van der Waals surface area (Å²) in [5.74, 6) is 2.62. The quantitative estimate of drug-likeness (QED) is 0.855. The van der Waals surface area contributed by atoms with Crippen molar-refractivity contribution in [2.45, 2.75) is 32.9 Å². The highest BCUT2D eigenvalue weighted by molar-refractivity contribution is 5.91. The Bertz CT molecular complexity index is 695. The average molecular weight is 333 g/mol. The van der Waals surface area contributed by atoms with Gasteiger partial charge in [-0.2, -0.15) is 0 Å². The van der Waals surface area contributed by atoms with Crippen LogP contribution >= 0.6 is 0 Å². The zero-order valence-corrected chi connectivity index (χ0v) is 14.3. The second-order valence-electron chi connectivity index (χ2n) is 6.33. The molecule has 1 fully saturated rings. The second kappa shape index (κ2) is 7.14. The second-order valence-corrected chi connectivity index (χ2v) is 6.33. The van der Waals surface area contributed by atoms with Crippen LogP contribution in [0, 0.1) is 13.8 Å². The maximum Gasteiger partial charge on any atom is 0.239 e. The molecule has 130 valence electrons. The lowest BCUT2D eigenvalue weighted by molar-refractivity contribution is -0.117. The molecule has 24 heavy (non-hydrogen) atoms. The first kappa shape index (κ1) is 16.7. The van der Waals surface area contributed by atoms with Gasteiger partial charge in [-0.15, -0.1) is 0 Å². The molecule has 3 rings (SSSR count). The van der Waals surface area contributed by atoms with Crippen molar-refractivity contribution in [3.63, 3.8) is 0 Å². The summed E-state index contributed by atoms with van der Waals surface area (Å²) in [4.78, 5) is 20.7. The number of rotatable bonds is 6. The fraction of sp³-hybridized carbons (Fsp3) is 0.562. The van der Waals surface area contributed by atoms with Gasteiger partial charge in [0.1, 0.15) is 11.5 Å². The monoisotopic (exact) mass is 333 g/mol. The van der Waals surface area contributed by atoms with Gasteiger partial charge in [-0.25, -0.2) is 4.98 Å². The zero-order valence-electron chi connectivity index (χ0n) is 14.3. The van der Waals surface area contributed by atoms with Gasteiger partial charge in [0.2, 0.25) is 11.8 Å². The summed E-state index contributed by atoms with van der Waals surface area (Å²) in [6.07, 6.45) is 2.76. The van der Waals surface area contributed by atoms with Crippen LogP contribution in [0.3, 0.4) is 0 Å². The van der Waals surface area contributed by atoms with E-state index in [0.29, 0.717) is 30.7 Å². The first-order valence-corrected chi connectivity index (χ1v) is 8.06. The van der Waals surface area contributed by atoms with E-state index in [0.717, 1.165) is 31.2 Å². The summed E-state index contributed by atoms with van der Waals surface area (Å²) < 4.78 is 10.5. The zero-order chi connectivity index (χ0) is 17.1. The summed E-state index contributed by atoms with van der Waals surface area (Å²) in [6.45, 7) is 6.46. The van der Waals surface area contributed by atoms with Gasteiger partial charge < -0.3 is 14.3 Å². The van der Waals surface area contributed by atoms with Gasteiger partial charge in [-0.1, -0.05) is 5.16 Å².